The van der Waals surface area contributed by atoms with Crippen LogP contribution in [0.4, 0.5) is 0 Å². The predicted molar refractivity (Wildman–Crippen MR) is 71.9 cm³/mol. The van der Waals surface area contributed by atoms with Crippen molar-refractivity contribution >= 4 is 25.8 Å². The molecule has 1 aromatic carbocycles. The molecule has 0 saturated heterocycles. The fraction of sp³-hybridized carbons (Fsp3) is 0.455. The van der Waals surface area contributed by atoms with Crippen molar-refractivity contribution in [3.05, 3.63) is 28.7 Å². The Balaban J connectivity index is 2.40. The van der Waals surface area contributed by atoms with Gasteiger partial charge in [-0.1, -0.05) is 15.9 Å². The monoisotopic (exact) mass is 321 g/mol. The molecule has 2 N–H and O–H groups in total. The molecule has 0 amide bonds. The average molecular weight is 322 g/mol. The van der Waals surface area contributed by atoms with Crippen LogP contribution >= 0.6 is 15.9 Å². The largest absolute Gasteiger partial charge is 0.493 e. The summed E-state index contributed by atoms with van der Waals surface area (Å²) in [6.07, 6.45) is 0. The summed E-state index contributed by atoms with van der Waals surface area (Å²) in [6, 6.07) is 6.90. The lowest BCUT2D eigenvalue weighted by Gasteiger charge is -2.08. The highest BCUT2D eigenvalue weighted by Crippen LogP contribution is 2.15. The Hall–Kier alpha value is -0.590. The van der Waals surface area contributed by atoms with Crippen molar-refractivity contribution in [2.45, 2.75) is 13.0 Å². The molecule has 0 bridgehead atoms. The van der Waals surface area contributed by atoms with E-state index in [9.17, 15) is 8.42 Å². The van der Waals surface area contributed by atoms with Crippen LogP contribution in [0.3, 0.4) is 0 Å². The van der Waals surface area contributed by atoms with Crippen LogP contribution in [-0.2, 0) is 9.84 Å². The van der Waals surface area contributed by atoms with Gasteiger partial charge < -0.3 is 10.5 Å². The van der Waals surface area contributed by atoms with Crippen molar-refractivity contribution in [3.8, 4) is 5.75 Å². The summed E-state index contributed by atoms with van der Waals surface area (Å²) in [5.74, 6) is 0.644. The maximum absolute atomic E-state index is 11.5. The van der Waals surface area contributed by atoms with Crippen molar-refractivity contribution in [1.82, 2.24) is 0 Å². The predicted octanol–water partition coefficient (Wildman–Crippen LogP) is 1.59. The van der Waals surface area contributed by atoms with Crippen LogP contribution in [-0.4, -0.2) is 32.6 Å². The molecule has 0 aliphatic rings. The molecule has 0 aromatic heterocycles. The third-order valence-corrected chi connectivity index (χ3v) is 4.34. The van der Waals surface area contributed by atoms with Crippen LogP contribution < -0.4 is 10.5 Å². The van der Waals surface area contributed by atoms with Crippen molar-refractivity contribution in [2.24, 2.45) is 5.73 Å². The number of benzene rings is 1. The maximum Gasteiger partial charge on any atom is 0.155 e. The minimum atomic E-state index is -3.12. The molecule has 0 aliphatic heterocycles. The van der Waals surface area contributed by atoms with Crippen molar-refractivity contribution in [3.63, 3.8) is 0 Å². The van der Waals surface area contributed by atoms with Crippen LogP contribution in [0.5, 0.6) is 5.75 Å². The molecule has 0 saturated carbocycles. The number of nitrogens with two attached hydrogens (primary N) is 1. The Bertz CT molecular complexity index is 442. The van der Waals surface area contributed by atoms with E-state index < -0.39 is 9.84 Å². The van der Waals surface area contributed by atoms with Gasteiger partial charge in [-0.05, 0) is 31.2 Å². The summed E-state index contributed by atoms with van der Waals surface area (Å²) < 4.78 is 29.3. The van der Waals surface area contributed by atoms with Crippen LogP contribution in [0.1, 0.15) is 6.92 Å². The average Bonchev–Trinajstić information content (AvgIpc) is 2.18. The summed E-state index contributed by atoms with van der Waals surface area (Å²) in [6.45, 7) is 1.82. The fourth-order valence-corrected chi connectivity index (χ4v) is 2.87. The molecule has 1 rings (SSSR count). The molecule has 4 nitrogen and oxygen atoms in total. The number of hydrogen-bond donors (Lipinski definition) is 1. The first kappa shape index (κ1) is 14.5. The molecular weight excluding hydrogens is 306 g/mol. The first-order chi connectivity index (χ1) is 7.89. The number of ether oxygens (including phenoxy) is 1. The lowest BCUT2D eigenvalue weighted by Crippen LogP contribution is -2.29. The van der Waals surface area contributed by atoms with E-state index in [-0.39, 0.29) is 24.2 Å². The molecular formula is C11H16BrNO3S. The van der Waals surface area contributed by atoms with E-state index in [1.807, 2.05) is 12.1 Å². The normalized spacial score (nSPS) is 13.4. The summed E-state index contributed by atoms with van der Waals surface area (Å²) >= 11 is 3.31. The Labute approximate surface area is 110 Å². The van der Waals surface area contributed by atoms with E-state index in [0.717, 1.165) is 4.47 Å². The second-order valence-corrected chi connectivity index (χ2v) is 7.04. The molecule has 6 heteroatoms. The number of halogens is 1. The zero-order chi connectivity index (χ0) is 12.9. The Morgan fingerprint density at radius 1 is 1.35 bits per heavy atom. The molecule has 0 spiro atoms. The Morgan fingerprint density at radius 2 is 1.94 bits per heavy atom. The Morgan fingerprint density at radius 3 is 2.47 bits per heavy atom. The number of hydrogen-bond acceptors (Lipinski definition) is 4. The zero-order valence-electron chi connectivity index (χ0n) is 9.60. The van der Waals surface area contributed by atoms with E-state index in [2.05, 4.69) is 15.9 Å². The number of sulfone groups is 1. The molecule has 1 atom stereocenters. The van der Waals surface area contributed by atoms with Gasteiger partial charge in [0, 0.05) is 10.5 Å². The molecule has 17 heavy (non-hydrogen) atoms. The van der Waals surface area contributed by atoms with Crippen LogP contribution in [0.2, 0.25) is 0 Å². The van der Waals surface area contributed by atoms with E-state index in [1.165, 1.54) is 0 Å². The summed E-state index contributed by atoms with van der Waals surface area (Å²) in [5.41, 5.74) is 5.45. The van der Waals surface area contributed by atoms with Crippen molar-refractivity contribution in [2.75, 3.05) is 18.1 Å². The summed E-state index contributed by atoms with van der Waals surface area (Å²) in [4.78, 5) is 0. The lowest BCUT2D eigenvalue weighted by atomic mass is 10.3. The molecule has 1 unspecified atom stereocenters. The van der Waals surface area contributed by atoms with Gasteiger partial charge in [0.15, 0.2) is 9.84 Å². The van der Waals surface area contributed by atoms with E-state index in [4.69, 9.17) is 10.5 Å². The Kier molecular flexibility index (Phi) is 5.42. The first-order valence-corrected chi connectivity index (χ1v) is 7.85. The van der Waals surface area contributed by atoms with Crippen molar-refractivity contribution in [1.29, 1.82) is 0 Å². The second-order valence-electron chi connectivity index (χ2n) is 3.89. The molecule has 96 valence electrons. The standard InChI is InChI=1S/C11H16BrNO3S/c1-9(13)8-17(14,15)7-6-16-11-4-2-10(12)3-5-11/h2-5,9H,6-8,13H2,1H3. The van der Waals surface area contributed by atoms with Gasteiger partial charge in [-0.15, -0.1) is 0 Å². The summed E-state index contributed by atoms with van der Waals surface area (Å²) in [5, 5.41) is 0. The zero-order valence-corrected chi connectivity index (χ0v) is 12.0. The van der Waals surface area contributed by atoms with Gasteiger partial charge in [-0.3, -0.25) is 0 Å². The van der Waals surface area contributed by atoms with Crippen LogP contribution in [0, 0.1) is 0 Å². The third kappa shape index (κ3) is 6.05. The first-order valence-electron chi connectivity index (χ1n) is 5.23. The second kappa shape index (κ2) is 6.37. The SMILES string of the molecule is CC(N)CS(=O)(=O)CCOc1ccc(Br)cc1. The minimum absolute atomic E-state index is 0.00328. The van der Waals surface area contributed by atoms with Gasteiger partial charge in [-0.2, -0.15) is 0 Å². The van der Waals surface area contributed by atoms with Gasteiger partial charge >= 0.3 is 0 Å². The van der Waals surface area contributed by atoms with E-state index in [1.54, 1.807) is 19.1 Å². The van der Waals surface area contributed by atoms with Crippen LogP contribution in [0.25, 0.3) is 0 Å². The molecule has 1 aromatic rings. The summed E-state index contributed by atoms with van der Waals surface area (Å²) in [7, 11) is -3.12. The van der Waals surface area contributed by atoms with Crippen LogP contribution in [0.15, 0.2) is 28.7 Å². The topological polar surface area (TPSA) is 69.4 Å². The van der Waals surface area contributed by atoms with Gasteiger partial charge in [-0.25, -0.2) is 8.42 Å². The number of rotatable bonds is 6. The quantitative estimate of drug-likeness (QED) is 0.863. The van der Waals surface area contributed by atoms with Gasteiger partial charge in [0.05, 0.1) is 11.5 Å². The minimum Gasteiger partial charge on any atom is -0.493 e. The van der Waals surface area contributed by atoms with E-state index >= 15 is 0 Å². The fourth-order valence-electron chi connectivity index (χ4n) is 1.30. The highest BCUT2D eigenvalue weighted by molar-refractivity contribution is 9.10. The molecule has 0 fully saturated rings. The molecule has 0 aliphatic carbocycles. The van der Waals surface area contributed by atoms with Gasteiger partial charge in [0.2, 0.25) is 0 Å². The molecule has 0 heterocycles. The maximum atomic E-state index is 11.5. The van der Waals surface area contributed by atoms with Crippen molar-refractivity contribution < 1.29 is 13.2 Å². The van der Waals surface area contributed by atoms with Gasteiger partial charge in [0.1, 0.15) is 12.4 Å². The van der Waals surface area contributed by atoms with E-state index in [0.29, 0.717) is 5.75 Å². The third-order valence-electron chi connectivity index (χ3n) is 1.99. The molecule has 0 radical (unpaired) electrons. The highest BCUT2D eigenvalue weighted by Gasteiger charge is 2.13. The lowest BCUT2D eigenvalue weighted by molar-refractivity contribution is 0.340. The van der Waals surface area contributed by atoms with Gasteiger partial charge in [0.25, 0.3) is 0 Å². The smallest absolute Gasteiger partial charge is 0.155 e. The highest BCUT2D eigenvalue weighted by atomic mass is 79.9.